The molecule has 0 spiro atoms. The van der Waals surface area contributed by atoms with Gasteiger partial charge < -0.3 is 21.1 Å². The first-order valence-electron chi connectivity index (χ1n) is 13.0. The number of aliphatic hydroxyl groups excluding tert-OH is 1. The average Bonchev–Trinajstić information content (AvgIpc) is 2.88. The number of hydrogen-bond donors (Lipinski definition) is 3. The standard InChI is InChI=1S/C27H39N7O/c1-4-6-12-27(3,18-35)33-25-21-17-29-22(15-23(21)31-26(28)32-25)20-8-9-24(30-16-20)34-13-10-19(7-5-2)11-14-34/h8-9,15-17,19,35H,4-7,10-14,18H2,1-3H3,(H3,28,31,32,33)/t27-/m1/s1. The van der Waals surface area contributed by atoms with E-state index in [1.54, 1.807) is 6.20 Å². The maximum atomic E-state index is 10.00. The Morgan fingerprint density at radius 3 is 2.57 bits per heavy atom. The van der Waals surface area contributed by atoms with E-state index in [0.29, 0.717) is 11.3 Å². The number of nitrogens with zero attached hydrogens (tertiary/aromatic N) is 5. The zero-order chi connectivity index (χ0) is 24.8. The van der Waals surface area contributed by atoms with Crippen molar-refractivity contribution in [2.45, 2.75) is 71.3 Å². The van der Waals surface area contributed by atoms with Crippen LogP contribution in [0.3, 0.4) is 0 Å². The summed E-state index contributed by atoms with van der Waals surface area (Å²) in [5.41, 5.74) is 7.99. The van der Waals surface area contributed by atoms with E-state index in [1.165, 1.54) is 25.7 Å². The van der Waals surface area contributed by atoms with Gasteiger partial charge in [-0.2, -0.15) is 4.98 Å². The highest BCUT2D eigenvalue weighted by molar-refractivity contribution is 5.91. The molecule has 0 radical (unpaired) electrons. The van der Waals surface area contributed by atoms with Gasteiger partial charge >= 0.3 is 0 Å². The molecular formula is C27H39N7O. The maximum Gasteiger partial charge on any atom is 0.222 e. The molecule has 0 bridgehead atoms. The molecule has 3 aromatic heterocycles. The van der Waals surface area contributed by atoms with Gasteiger partial charge in [-0.05, 0) is 50.3 Å². The van der Waals surface area contributed by atoms with Crippen molar-refractivity contribution in [3.8, 4) is 11.3 Å². The van der Waals surface area contributed by atoms with Crippen LogP contribution in [-0.2, 0) is 0 Å². The normalized spacial score (nSPS) is 16.4. The summed E-state index contributed by atoms with van der Waals surface area (Å²) >= 11 is 0. The molecule has 0 aromatic carbocycles. The van der Waals surface area contributed by atoms with Gasteiger partial charge in [0.2, 0.25) is 5.95 Å². The summed E-state index contributed by atoms with van der Waals surface area (Å²) in [6.07, 6.45) is 11.6. The molecule has 4 heterocycles. The van der Waals surface area contributed by atoms with Gasteiger partial charge in [-0.3, -0.25) is 4.98 Å². The number of fused-ring (bicyclic) bond motifs is 1. The molecule has 1 saturated heterocycles. The van der Waals surface area contributed by atoms with Gasteiger partial charge in [0.15, 0.2) is 0 Å². The van der Waals surface area contributed by atoms with Gasteiger partial charge in [0, 0.05) is 31.0 Å². The summed E-state index contributed by atoms with van der Waals surface area (Å²) in [5.74, 6) is 2.66. The lowest BCUT2D eigenvalue weighted by Gasteiger charge is -2.32. The first-order valence-corrected chi connectivity index (χ1v) is 13.0. The average molecular weight is 478 g/mol. The Kier molecular flexibility index (Phi) is 8.00. The summed E-state index contributed by atoms with van der Waals surface area (Å²) < 4.78 is 0. The molecule has 1 fully saturated rings. The van der Waals surface area contributed by atoms with E-state index in [1.807, 2.05) is 19.2 Å². The topological polar surface area (TPSA) is 113 Å². The molecule has 8 heteroatoms. The third-order valence-electron chi connectivity index (χ3n) is 7.13. The number of unbranched alkanes of at least 4 members (excludes halogenated alkanes) is 1. The van der Waals surface area contributed by atoms with Gasteiger partial charge in [-0.15, -0.1) is 0 Å². The van der Waals surface area contributed by atoms with Gasteiger partial charge in [0.1, 0.15) is 11.6 Å². The summed E-state index contributed by atoms with van der Waals surface area (Å²) in [6.45, 7) is 8.54. The molecule has 35 heavy (non-hydrogen) atoms. The van der Waals surface area contributed by atoms with Crippen LogP contribution in [-0.4, -0.2) is 50.3 Å². The van der Waals surface area contributed by atoms with Crippen molar-refractivity contribution >= 4 is 28.5 Å². The van der Waals surface area contributed by atoms with Gasteiger partial charge in [-0.1, -0.05) is 39.5 Å². The van der Waals surface area contributed by atoms with Crippen molar-refractivity contribution in [3.05, 3.63) is 30.6 Å². The fraction of sp³-hybridized carbons (Fsp3) is 0.556. The Hall–Kier alpha value is -3.00. The highest BCUT2D eigenvalue weighted by Crippen LogP contribution is 2.30. The van der Waals surface area contributed by atoms with Crippen LogP contribution >= 0.6 is 0 Å². The van der Waals surface area contributed by atoms with Gasteiger partial charge in [-0.25, -0.2) is 9.97 Å². The number of nitrogens with one attached hydrogen (secondary N) is 1. The van der Waals surface area contributed by atoms with E-state index < -0.39 is 5.54 Å². The molecule has 4 rings (SSSR count). The zero-order valence-electron chi connectivity index (χ0n) is 21.3. The summed E-state index contributed by atoms with van der Waals surface area (Å²) in [7, 11) is 0. The third kappa shape index (κ3) is 5.99. The smallest absolute Gasteiger partial charge is 0.222 e. The monoisotopic (exact) mass is 477 g/mol. The molecule has 0 aliphatic carbocycles. The minimum atomic E-state index is -0.493. The number of pyridine rings is 2. The van der Waals surface area contributed by atoms with E-state index in [4.69, 9.17) is 10.7 Å². The highest BCUT2D eigenvalue weighted by Gasteiger charge is 2.25. The van der Waals surface area contributed by atoms with E-state index in [2.05, 4.69) is 51.1 Å². The molecule has 0 unspecified atom stereocenters. The Bertz CT molecular complexity index is 1110. The first-order chi connectivity index (χ1) is 16.9. The second-order valence-corrected chi connectivity index (χ2v) is 10.1. The van der Waals surface area contributed by atoms with Crippen molar-refractivity contribution in [2.75, 3.05) is 35.6 Å². The van der Waals surface area contributed by atoms with Crippen LogP contribution < -0.4 is 16.0 Å². The second-order valence-electron chi connectivity index (χ2n) is 10.1. The molecule has 8 nitrogen and oxygen atoms in total. The summed E-state index contributed by atoms with van der Waals surface area (Å²) in [6, 6.07) is 6.09. The van der Waals surface area contributed by atoms with Crippen LogP contribution in [0.1, 0.15) is 65.7 Å². The summed E-state index contributed by atoms with van der Waals surface area (Å²) in [4.78, 5) is 20.7. The Balaban J connectivity index is 1.54. The molecule has 1 atom stereocenters. The fourth-order valence-corrected chi connectivity index (χ4v) is 4.91. The van der Waals surface area contributed by atoms with Crippen molar-refractivity contribution < 1.29 is 5.11 Å². The minimum Gasteiger partial charge on any atom is -0.394 e. The Labute approximate surface area is 208 Å². The van der Waals surface area contributed by atoms with Crippen LogP contribution in [0.15, 0.2) is 30.6 Å². The SMILES string of the molecule is CCCC[C@](C)(CO)Nc1nc(N)nc2cc(-c3ccc(N4CCC(CCC)CC4)nc3)ncc12. The maximum absolute atomic E-state index is 10.00. The van der Waals surface area contributed by atoms with E-state index >= 15 is 0 Å². The number of rotatable bonds is 10. The predicted octanol–water partition coefficient (Wildman–Crippen LogP) is 5.04. The molecular weight excluding hydrogens is 438 g/mol. The van der Waals surface area contributed by atoms with Crippen LogP contribution in [0.4, 0.5) is 17.6 Å². The highest BCUT2D eigenvalue weighted by atomic mass is 16.3. The molecule has 188 valence electrons. The number of anilines is 3. The van der Waals surface area contributed by atoms with Crippen LogP contribution in [0.5, 0.6) is 0 Å². The summed E-state index contributed by atoms with van der Waals surface area (Å²) in [5, 5.41) is 14.2. The third-order valence-corrected chi connectivity index (χ3v) is 7.13. The largest absolute Gasteiger partial charge is 0.394 e. The number of aromatic nitrogens is 4. The first kappa shape index (κ1) is 25.1. The van der Waals surface area contributed by atoms with Crippen molar-refractivity contribution in [2.24, 2.45) is 5.92 Å². The Morgan fingerprint density at radius 1 is 1.11 bits per heavy atom. The number of piperidine rings is 1. The van der Waals surface area contributed by atoms with Crippen molar-refractivity contribution in [1.82, 2.24) is 19.9 Å². The van der Waals surface area contributed by atoms with Crippen molar-refractivity contribution in [1.29, 1.82) is 0 Å². The van der Waals surface area contributed by atoms with Gasteiger partial charge in [0.25, 0.3) is 0 Å². The molecule has 0 amide bonds. The van der Waals surface area contributed by atoms with Crippen LogP contribution in [0, 0.1) is 5.92 Å². The van der Waals surface area contributed by atoms with Crippen molar-refractivity contribution in [3.63, 3.8) is 0 Å². The van der Waals surface area contributed by atoms with E-state index in [-0.39, 0.29) is 12.6 Å². The zero-order valence-corrected chi connectivity index (χ0v) is 21.3. The van der Waals surface area contributed by atoms with Crippen LogP contribution in [0.25, 0.3) is 22.2 Å². The number of nitrogens with two attached hydrogens (primary N) is 1. The fourth-order valence-electron chi connectivity index (χ4n) is 4.91. The number of hydrogen-bond acceptors (Lipinski definition) is 8. The van der Waals surface area contributed by atoms with E-state index in [9.17, 15) is 5.11 Å². The second kappa shape index (κ2) is 11.2. The molecule has 3 aromatic rings. The number of nitrogen functional groups attached to an aromatic ring is 1. The molecule has 1 aliphatic rings. The molecule has 4 N–H and O–H groups in total. The lowest BCUT2D eigenvalue weighted by Crippen LogP contribution is -2.39. The predicted molar refractivity (Wildman–Crippen MR) is 143 cm³/mol. The lowest BCUT2D eigenvalue weighted by molar-refractivity contribution is 0.212. The minimum absolute atomic E-state index is 0.00178. The van der Waals surface area contributed by atoms with Gasteiger partial charge in [0.05, 0.1) is 28.7 Å². The quantitative estimate of drug-likeness (QED) is 0.372. The molecule has 0 saturated carbocycles. The molecule has 1 aliphatic heterocycles. The Morgan fingerprint density at radius 2 is 1.91 bits per heavy atom. The van der Waals surface area contributed by atoms with E-state index in [0.717, 1.165) is 60.7 Å². The van der Waals surface area contributed by atoms with Crippen LogP contribution in [0.2, 0.25) is 0 Å². The number of aliphatic hydroxyl groups is 1. The lowest BCUT2D eigenvalue weighted by atomic mass is 9.92.